The molecule has 18 heavy (non-hydrogen) atoms. The Hall–Kier alpha value is -1.95. The summed E-state index contributed by atoms with van der Waals surface area (Å²) in [5.74, 6) is 0.688. The van der Waals surface area contributed by atoms with Crippen molar-refractivity contribution in [2.75, 3.05) is 24.5 Å². The van der Waals surface area contributed by atoms with E-state index in [1.807, 2.05) is 4.90 Å². The van der Waals surface area contributed by atoms with Gasteiger partial charge in [-0.3, -0.25) is 4.79 Å². The van der Waals surface area contributed by atoms with Crippen LogP contribution in [0.1, 0.15) is 0 Å². The van der Waals surface area contributed by atoms with Gasteiger partial charge >= 0.3 is 0 Å². The van der Waals surface area contributed by atoms with E-state index in [4.69, 9.17) is 11.6 Å². The minimum atomic E-state index is -0.0111. The largest absolute Gasteiger partial charge is 0.353 e. The van der Waals surface area contributed by atoms with Gasteiger partial charge in [0.2, 0.25) is 5.91 Å². The summed E-state index contributed by atoms with van der Waals surface area (Å²) in [6, 6.07) is 1.77. The number of piperazine rings is 1. The number of anilines is 1. The van der Waals surface area contributed by atoms with Gasteiger partial charge in [-0.2, -0.15) is 0 Å². The molecule has 6 nitrogen and oxygen atoms in total. The molecular weight excluding hydrogens is 254 g/mol. The van der Waals surface area contributed by atoms with E-state index in [9.17, 15) is 4.79 Å². The zero-order valence-electron chi connectivity index (χ0n) is 9.43. The van der Waals surface area contributed by atoms with Gasteiger partial charge in [0.25, 0.3) is 0 Å². The molecule has 1 amide bonds. The number of rotatable bonds is 1. The Labute approximate surface area is 108 Å². The summed E-state index contributed by atoms with van der Waals surface area (Å²) in [5.41, 5.74) is 0.579. The molecule has 1 N–H and O–H groups in total. The summed E-state index contributed by atoms with van der Waals surface area (Å²) in [7, 11) is 0. The van der Waals surface area contributed by atoms with Crippen molar-refractivity contribution >= 4 is 34.4 Å². The molecule has 1 aliphatic heterocycles. The topological polar surface area (TPSA) is 71.0 Å². The van der Waals surface area contributed by atoms with E-state index in [0.717, 1.165) is 5.39 Å². The Balaban J connectivity index is 2.10. The molecule has 1 fully saturated rings. The van der Waals surface area contributed by atoms with Crippen molar-refractivity contribution in [1.82, 2.24) is 20.3 Å². The highest BCUT2D eigenvalue weighted by Crippen LogP contribution is 2.24. The van der Waals surface area contributed by atoms with Crippen LogP contribution in [0.4, 0.5) is 5.82 Å². The molecule has 7 heteroatoms. The van der Waals surface area contributed by atoms with Crippen molar-refractivity contribution < 1.29 is 4.79 Å². The van der Waals surface area contributed by atoms with Crippen LogP contribution in [0.2, 0.25) is 5.02 Å². The standard InChI is InChI=1S/C11H10ClN5O/c12-7-3-8-10(14-4-7)15-6-16-11(8)17-2-1-13-9(18)5-17/h3-4,6H,1-2,5H2,(H,13,18). The number of nitrogens with one attached hydrogen (secondary N) is 1. The average Bonchev–Trinajstić information content (AvgIpc) is 2.38. The summed E-state index contributed by atoms with van der Waals surface area (Å²) in [4.78, 5) is 25.8. The number of halogens is 1. The van der Waals surface area contributed by atoms with Crippen LogP contribution in [0, 0.1) is 0 Å². The molecule has 1 saturated heterocycles. The van der Waals surface area contributed by atoms with Gasteiger partial charge in [0.1, 0.15) is 12.1 Å². The zero-order chi connectivity index (χ0) is 12.5. The van der Waals surface area contributed by atoms with E-state index in [-0.39, 0.29) is 5.91 Å². The van der Waals surface area contributed by atoms with E-state index in [2.05, 4.69) is 20.3 Å². The molecule has 92 valence electrons. The molecular formula is C11H10ClN5O. The molecule has 3 heterocycles. The summed E-state index contributed by atoms with van der Waals surface area (Å²) in [6.07, 6.45) is 2.99. The second kappa shape index (κ2) is 4.38. The average molecular weight is 264 g/mol. The van der Waals surface area contributed by atoms with Crippen molar-refractivity contribution in [1.29, 1.82) is 0 Å². The van der Waals surface area contributed by atoms with Gasteiger partial charge in [0.15, 0.2) is 5.65 Å². The number of hydrogen-bond acceptors (Lipinski definition) is 5. The molecule has 1 aliphatic rings. The first kappa shape index (κ1) is 11.2. The van der Waals surface area contributed by atoms with E-state index in [1.165, 1.54) is 6.33 Å². The van der Waals surface area contributed by atoms with E-state index in [1.54, 1.807) is 12.3 Å². The number of carbonyl (C=O) groups excluding carboxylic acids is 1. The van der Waals surface area contributed by atoms with Gasteiger partial charge in [-0.25, -0.2) is 15.0 Å². The van der Waals surface area contributed by atoms with Crippen LogP contribution in [-0.4, -0.2) is 40.5 Å². The Morgan fingerprint density at radius 1 is 1.33 bits per heavy atom. The van der Waals surface area contributed by atoms with Crippen LogP contribution >= 0.6 is 11.6 Å². The highest BCUT2D eigenvalue weighted by atomic mass is 35.5. The predicted octanol–water partition coefficient (Wildman–Crippen LogP) is 0.614. The third-order valence-corrected chi connectivity index (χ3v) is 2.98. The van der Waals surface area contributed by atoms with Crippen LogP contribution in [0.5, 0.6) is 0 Å². The van der Waals surface area contributed by atoms with Crippen molar-refractivity contribution in [2.45, 2.75) is 0 Å². The first-order chi connectivity index (χ1) is 8.74. The second-order valence-electron chi connectivity index (χ2n) is 3.99. The number of amides is 1. The summed E-state index contributed by atoms with van der Waals surface area (Å²) >= 11 is 5.94. The number of fused-ring (bicyclic) bond motifs is 1. The van der Waals surface area contributed by atoms with Crippen LogP contribution in [0.15, 0.2) is 18.6 Å². The lowest BCUT2D eigenvalue weighted by Gasteiger charge is -2.28. The van der Waals surface area contributed by atoms with Crippen LogP contribution < -0.4 is 10.2 Å². The maximum Gasteiger partial charge on any atom is 0.239 e. The number of pyridine rings is 1. The van der Waals surface area contributed by atoms with E-state index < -0.39 is 0 Å². The maximum atomic E-state index is 11.4. The van der Waals surface area contributed by atoms with E-state index >= 15 is 0 Å². The lowest BCUT2D eigenvalue weighted by molar-refractivity contribution is -0.120. The monoisotopic (exact) mass is 263 g/mol. The number of carbonyl (C=O) groups is 1. The third-order valence-electron chi connectivity index (χ3n) is 2.77. The quantitative estimate of drug-likeness (QED) is 0.816. The normalized spacial score (nSPS) is 15.8. The number of nitrogens with zero attached hydrogens (tertiary/aromatic N) is 4. The van der Waals surface area contributed by atoms with Crippen molar-refractivity contribution in [3.63, 3.8) is 0 Å². The van der Waals surface area contributed by atoms with Gasteiger partial charge in [0.05, 0.1) is 17.0 Å². The Kier molecular flexibility index (Phi) is 2.71. The first-order valence-electron chi connectivity index (χ1n) is 5.52. The third kappa shape index (κ3) is 1.95. The molecule has 0 unspecified atom stereocenters. The fourth-order valence-electron chi connectivity index (χ4n) is 1.98. The van der Waals surface area contributed by atoms with E-state index in [0.29, 0.717) is 36.1 Å². The lowest BCUT2D eigenvalue weighted by Crippen LogP contribution is -2.48. The first-order valence-corrected chi connectivity index (χ1v) is 5.90. The fraction of sp³-hybridized carbons (Fsp3) is 0.273. The minimum absolute atomic E-state index is 0.0111. The van der Waals surface area contributed by atoms with Gasteiger partial charge in [0, 0.05) is 19.3 Å². The Bertz CT molecular complexity index is 617. The van der Waals surface area contributed by atoms with Crippen LogP contribution in [-0.2, 0) is 4.79 Å². The molecule has 0 spiro atoms. The van der Waals surface area contributed by atoms with Gasteiger partial charge in [-0.1, -0.05) is 11.6 Å². The molecule has 0 saturated carbocycles. The lowest BCUT2D eigenvalue weighted by atomic mass is 10.2. The molecule has 0 atom stereocenters. The molecule has 0 radical (unpaired) electrons. The van der Waals surface area contributed by atoms with Gasteiger partial charge in [-0.15, -0.1) is 0 Å². The van der Waals surface area contributed by atoms with Crippen LogP contribution in [0.3, 0.4) is 0 Å². The van der Waals surface area contributed by atoms with Crippen molar-refractivity contribution in [3.8, 4) is 0 Å². The second-order valence-corrected chi connectivity index (χ2v) is 4.43. The SMILES string of the molecule is O=C1CN(c2ncnc3ncc(Cl)cc23)CCN1. The van der Waals surface area contributed by atoms with Crippen molar-refractivity contribution in [2.24, 2.45) is 0 Å². The number of aromatic nitrogens is 3. The summed E-state index contributed by atoms with van der Waals surface area (Å²) in [6.45, 7) is 1.61. The number of hydrogen-bond donors (Lipinski definition) is 1. The Morgan fingerprint density at radius 2 is 2.22 bits per heavy atom. The zero-order valence-corrected chi connectivity index (χ0v) is 10.2. The smallest absolute Gasteiger partial charge is 0.239 e. The Morgan fingerprint density at radius 3 is 3.06 bits per heavy atom. The minimum Gasteiger partial charge on any atom is -0.353 e. The maximum absolute atomic E-state index is 11.4. The highest BCUT2D eigenvalue weighted by Gasteiger charge is 2.19. The van der Waals surface area contributed by atoms with Crippen LogP contribution in [0.25, 0.3) is 11.0 Å². The fourth-order valence-corrected chi connectivity index (χ4v) is 2.14. The predicted molar refractivity (Wildman–Crippen MR) is 67.6 cm³/mol. The molecule has 3 rings (SSSR count). The van der Waals surface area contributed by atoms with Crippen molar-refractivity contribution in [3.05, 3.63) is 23.6 Å². The summed E-state index contributed by atoms with van der Waals surface area (Å²) in [5, 5.41) is 4.07. The molecule has 0 aliphatic carbocycles. The molecule has 2 aromatic heterocycles. The van der Waals surface area contributed by atoms with Gasteiger partial charge in [-0.05, 0) is 6.07 Å². The highest BCUT2D eigenvalue weighted by molar-refractivity contribution is 6.31. The molecule has 0 aromatic carbocycles. The van der Waals surface area contributed by atoms with Gasteiger partial charge < -0.3 is 10.2 Å². The molecule has 0 bridgehead atoms. The summed E-state index contributed by atoms with van der Waals surface area (Å²) < 4.78 is 0. The molecule has 2 aromatic rings.